The van der Waals surface area contributed by atoms with Crippen molar-refractivity contribution >= 4 is 37.3 Å². The number of halogens is 1. The van der Waals surface area contributed by atoms with Gasteiger partial charge in [0.25, 0.3) is 0 Å². The third-order valence-corrected chi connectivity index (χ3v) is 5.92. The first-order valence-electron chi connectivity index (χ1n) is 5.35. The van der Waals surface area contributed by atoms with Crippen LogP contribution in [0.5, 0.6) is 0 Å². The van der Waals surface area contributed by atoms with Crippen molar-refractivity contribution in [3.05, 3.63) is 15.9 Å². The smallest absolute Gasteiger partial charge is 0.250 e. The second-order valence-electron chi connectivity index (χ2n) is 4.36. The minimum Gasteiger partial charge on any atom is -0.348 e. The van der Waals surface area contributed by atoms with Crippen molar-refractivity contribution in [1.29, 1.82) is 0 Å². The molecule has 2 heterocycles. The van der Waals surface area contributed by atoms with Gasteiger partial charge in [0.05, 0.1) is 16.5 Å². The second kappa shape index (κ2) is 5.18. The molecule has 0 radical (unpaired) electrons. The van der Waals surface area contributed by atoms with Gasteiger partial charge in [-0.1, -0.05) is 0 Å². The number of ether oxygens (including phenoxy) is 2. The predicted octanol–water partition coefficient (Wildman–Crippen LogP) is 1.94. The summed E-state index contributed by atoms with van der Waals surface area (Å²) in [7, 11) is -3.46. The van der Waals surface area contributed by atoms with Crippen LogP contribution in [0.2, 0.25) is 0 Å². The Kier molecular flexibility index (Phi) is 4.15. The van der Waals surface area contributed by atoms with E-state index in [1.807, 2.05) is 0 Å². The lowest BCUT2D eigenvalue weighted by molar-refractivity contribution is -0.137. The molecule has 0 aliphatic carbocycles. The first-order valence-corrected chi connectivity index (χ1v) is 8.44. The Hall–Kier alpha value is 0.01000. The van der Waals surface area contributed by atoms with E-state index < -0.39 is 15.8 Å². The molecule has 1 atom stereocenters. The normalized spacial score (nSPS) is 23.4. The summed E-state index contributed by atoms with van der Waals surface area (Å²) in [5.41, 5.74) is 0. The topological polar surface area (TPSA) is 64.6 Å². The van der Waals surface area contributed by atoms with E-state index in [2.05, 4.69) is 20.7 Å². The van der Waals surface area contributed by atoms with Gasteiger partial charge >= 0.3 is 0 Å². The molecule has 5 nitrogen and oxygen atoms in total. The maximum absolute atomic E-state index is 11.9. The van der Waals surface area contributed by atoms with Crippen LogP contribution in [0.25, 0.3) is 0 Å². The van der Waals surface area contributed by atoms with Crippen LogP contribution in [0.1, 0.15) is 13.8 Å². The Morgan fingerprint density at radius 3 is 2.78 bits per heavy atom. The Labute approximate surface area is 119 Å². The zero-order valence-corrected chi connectivity index (χ0v) is 13.2. The van der Waals surface area contributed by atoms with E-state index >= 15 is 0 Å². The molecule has 0 spiro atoms. The van der Waals surface area contributed by atoms with Crippen LogP contribution in [0.15, 0.2) is 20.1 Å². The predicted molar refractivity (Wildman–Crippen MR) is 72.1 cm³/mol. The van der Waals surface area contributed by atoms with Crippen molar-refractivity contribution in [3.63, 3.8) is 0 Å². The fraction of sp³-hybridized carbons (Fsp3) is 0.600. The molecular formula is C10H14BrNO4S2. The highest BCUT2D eigenvalue weighted by Gasteiger charge is 2.33. The SMILES string of the molecule is CC1(C)OCC(CNS(=O)(=O)c2ccc(Br)s2)O1. The summed E-state index contributed by atoms with van der Waals surface area (Å²) < 4.78 is 38.4. The number of hydrogen-bond donors (Lipinski definition) is 1. The molecule has 8 heteroatoms. The van der Waals surface area contributed by atoms with Crippen molar-refractivity contribution in [1.82, 2.24) is 4.72 Å². The lowest BCUT2D eigenvalue weighted by Crippen LogP contribution is -2.34. The van der Waals surface area contributed by atoms with Gasteiger partial charge in [-0.3, -0.25) is 0 Å². The number of sulfonamides is 1. The highest BCUT2D eigenvalue weighted by Crippen LogP contribution is 2.26. The summed E-state index contributed by atoms with van der Waals surface area (Å²) in [5, 5.41) is 0. The van der Waals surface area contributed by atoms with Gasteiger partial charge in [0.2, 0.25) is 10.0 Å². The van der Waals surface area contributed by atoms with Crippen molar-refractivity contribution in [2.24, 2.45) is 0 Å². The molecule has 1 unspecified atom stereocenters. The number of hydrogen-bond acceptors (Lipinski definition) is 5. The highest BCUT2D eigenvalue weighted by atomic mass is 79.9. The quantitative estimate of drug-likeness (QED) is 0.896. The summed E-state index contributed by atoms with van der Waals surface area (Å²) in [5.74, 6) is -0.637. The third kappa shape index (κ3) is 3.52. The summed E-state index contributed by atoms with van der Waals surface area (Å²) in [4.78, 5) is 0. The van der Waals surface area contributed by atoms with E-state index in [1.54, 1.807) is 26.0 Å². The van der Waals surface area contributed by atoms with Crippen LogP contribution in [0, 0.1) is 0 Å². The highest BCUT2D eigenvalue weighted by molar-refractivity contribution is 9.11. The lowest BCUT2D eigenvalue weighted by atomic mass is 10.4. The van der Waals surface area contributed by atoms with Gasteiger partial charge in [0.1, 0.15) is 4.21 Å². The average molecular weight is 356 g/mol. The van der Waals surface area contributed by atoms with Gasteiger partial charge in [-0.2, -0.15) is 0 Å². The Morgan fingerprint density at radius 2 is 2.28 bits per heavy atom. The van der Waals surface area contributed by atoms with Gasteiger partial charge in [-0.15, -0.1) is 11.3 Å². The zero-order chi connectivity index (χ0) is 13.4. The third-order valence-electron chi connectivity index (χ3n) is 2.38. The maximum atomic E-state index is 11.9. The van der Waals surface area contributed by atoms with Crippen LogP contribution < -0.4 is 4.72 Å². The van der Waals surface area contributed by atoms with E-state index in [-0.39, 0.29) is 16.9 Å². The number of nitrogens with one attached hydrogen (secondary N) is 1. The van der Waals surface area contributed by atoms with E-state index in [0.29, 0.717) is 6.61 Å². The zero-order valence-electron chi connectivity index (χ0n) is 9.97. The molecule has 18 heavy (non-hydrogen) atoms. The van der Waals surface area contributed by atoms with E-state index in [0.717, 1.165) is 3.79 Å². The molecule has 1 N–H and O–H groups in total. The standard InChI is InChI=1S/C10H14BrNO4S2/c1-10(2)15-6-7(16-10)5-12-18(13,14)9-4-3-8(11)17-9/h3-4,7,12H,5-6H2,1-2H3. The Balaban J connectivity index is 1.94. The van der Waals surface area contributed by atoms with E-state index in [4.69, 9.17) is 9.47 Å². The average Bonchev–Trinajstić information content (AvgIpc) is 2.82. The first kappa shape index (κ1) is 14.4. The van der Waals surface area contributed by atoms with Crippen molar-refractivity contribution in [2.45, 2.75) is 29.9 Å². The lowest BCUT2D eigenvalue weighted by Gasteiger charge is -2.17. The van der Waals surface area contributed by atoms with Crippen LogP contribution in [0.4, 0.5) is 0 Å². The summed E-state index contributed by atoms with van der Waals surface area (Å²) >= 11 is 4.41. The molecule has 0 bridgehead atoms. The molecule has 1 aromatic rings. The van der Waals surface area contributed by atoms with Crippen LogP contribution in [-0.4, -0.2) is 33.5 Å². The fourth-order valence-corrected chi connectivity index (χ4v) is 4.70. The van der Waals surface area contributed by atoms with Gasteiger partial charge in [0.15, 0.2) is 5.79 Å². The number of rotatable bonds is 4. The molecule has 102 valence electrons. The molecule has 0 saturated carbocycles. The fourth-order valence-electron chi connectivity index (χ4n) is 1.58. The largest absolute Gasteiger partial charge is 0.348 e. The molecule has 1 fully saturated rings. The molecule has 2 rings (SSSR count). The molecule has 1 aliphatic heterocycles. The molecule has 0 amide bonds. The summed E-state index contributed by atoms with van der Waals surface area (Å²) in [6.07, 6.45) is -0.252. The van der Waals surface area contributed by atoms with Gasteiger partial charge < -0.3 is 9.47 Å². The van der Waals surface area contributed by atoms with Gasteiger partial charge in [-0.25, -0.2) is 13.1 Å². The summed E-state index contributed by atoms with van der Waals surface area (Å²) in [6, 6.07) is 3.27. The molecule has 1 aliphatic rings. The van der Waals surface area contributed by atoms with Crippen molar-refractivity contribution in [3.8, 4) is 0 Å². The minimum atomic E-state index is -3.46. The Morgan fingerprint density at radius 1 is 1.56 bits per heavy atom. The first-order chi connectivity index (χ1) is 8.28. The molecular weight excluding hydrogens is 342 g/mol. The minimum absolute atomic E-state index is 0.210. The van der Waals surface area contributed by atoms with Crippen LogP contribution in [-0.2, 0) is 19.5 Å². The monoisotopic (exact) mass is 355 g/mol. The molecule has 1 saturated heterocycles. The van der Waals surface area contributed by atoms with Gasteiger partial charge in [-0.05, 0) is 41.9 Å². The van der Waals surface area contributed by atoms with Crippen LogP contribution >= 0.6 is 27.3 Å². The molecule has 1 aromatic heterocycles. The van der Waals surface area contributed by atoms with Crippen molar-refractivity contribution < 1.29 is 17.9 Å². The Bertz CT molecular complexity index is 526. The number of thiophene rings is 1. The van der Waals surface area contributed by atoms with E-state index in [1.165, 1.54) is 11.3 Å². The van der Waals surface area contributed by atoms with E-state index in [9.17, 15) is 8.42 Å². The summed E-state index contributed by atoms with van der Waals surface area (Å²) in [6.45, 7) is 4.21. The molecule has 0 aromatic carbocycles. The maximum Gasteiger partial charge on any atom is 0.250 e. The van der Waals surface area contributed by atoms with Crippen molar-refractivity contribution in [2.75, 3.05) is 13.2 Å². The van der Waals surface area contributed by atoms with Crippen LogP contribution in [0.3, 0.4) is 0 Å². The second-order valence-corrected chi connectivity index (χ2v) is 8.82. The van der Waals surface area contributed by atoms with Gasteiger partial charge in [0, 0.05) is 6.54 Å².